The van der Waals surface area contributed by atoms with E-state index in [0.29, 0.717) is 48.7 Å². The first-order chi connectivity index (χ1) is 54.8. The van der Waals surface area contributed by atoms with Gasteiger partial charge in [-0.2, -0.15) is 0 Å². The van der Waals surface area contributed by atoms with Crippen LogP contribution in [0.15, 0.2) is 198 Å². The smallest absolute Gasteiger partial charge is 0.313 e. The van der Waals surface area contributed by atoms with Crippen LogP contribution in [0.2, 0.25) is 0 Å². The standard InChI is InChI=1S/C16H24O3S.C15H22O3S.C14H20O3S.C12H16O3S.C11H14O2S.C10H12O3S.C9H10O3S/c17-14-10-7-8-11-15(14)20-13-9-5-3-1-2-4-6-12-16(18)19;1-18-13-8-10-14(11-9-13)19-12-6-4-2-3-5-7-15(16)17;15-12-7-9-13(10-8-12)18-11-5-3-1-2-4-6-14(16)17;1-15-10-5-7-11(8-6-10)16-9-3-2-4-12(13)14;1-8-3-4-9(2)10(7-8)14-6-5-11(12)13;11-8-4-1-2-5-9(8)14-7-3-6-10(12)13;1-12-7-2-4-8(5-3-7)13-6-9(10)11/h7-8,10-11,17H,1-6,9,12-13H2,(H,18,19);8-11H,2-7,12H2,1H3,(H,16,17);7-10,15H,1-6,11H2,(H,16,17);5-8H,2-4,9H2,1H3,(H,13,14);3-4,7H,5-6H2,1-2H3,(H,12,13);1-2,4-5,11H,3,6-7H2,(H,12,13);2-5H,6H2,1H3,(H,10,11). The highest BCUT2D eigenvalue weighted by Crippen LogP contribution is 2.32. The Hall–Kier alpha value is -7.92. The lowest BCUT2D eigenvalue weighted by molar-refractivity contribution is -0.138. The number of hydrogen-bond acceptors (Lipinski definition) is 20. The molecule has 7 aromatic carbocycles. The van der Waals surface area contributed by atoms with Gasteiger partial charge in [0.25, 0.3) is 0 Å². The monoisotopic (exact) mass is 1710 g/mol. The summed E-state index contributed by atoms with van der Waals surface area (Å²) >= 11 is 11.5. The normalized spacial score (nSPS) is 10.2. The summed E-state index contributed by atoms with van der Waals surface area (Å²) in [4.78, 5) is 79.5. The molecule has 0 saturated carbocycles. The number of carboxylic acids is 7. The molecule has 0 radical (unpaired) electrons. The molecule has 0 fully saturated rings. The molecule has 0 bridgehead atoms. The largest absolute Gasteiger partial charge is 0.508 e. The van der Waals surface area contributed by atoms with Gasteiger partial charge < -0.3 is 65.3 Å². The molecule has 7 aromatic rings. The van der Waals surface area contributed by atoms with Gasteiger partial charge in [-0.15, -0.1) is 82.3 Å². The summed E-state index contributed by atoms with van der Waals surface area (Å²) in [5, 5.41) is 87.4. The number of carboxylic acid groups (broad SMARTS) is 7. The summed E-state index contributed by atoms with van der Waals surface area (Å²) in [5.41, 5.74) is 2.43. The van der Waals surface area contributed by atoms with Gasteiger partial charge in [-0.3, -0.25) is 33.6 Å². The highest BCUT2D eigenvalue weighted by molar-refractivity contribution is 8.00. The van der Waals surface area contributed by atoms with E-state index in [4.69, 9.17) is 55.1 Å². The maximum atomic E-state index is 10.3. The van der Waals surface area contributed by atoms with Crippen molar-refractivity contribution in [3.63, 3.8) is 0 Å². The second-order valence-corrected chi connectivity index (χ2v) is 33.4. The number of phenols is 3. The summed E-state index contributed by atoms with van der Waals surface area (Å²) in [6, 6.07) is 51.3. The molecular formula is C87H118O20S7. The number of unbranched alkanes of at least 4 members (excludes halogenated alkanes) is 15. The van der Waals surface area contributed by atoms with Crippen LogP contribution in [-0.2, 0) is 33.6 Å². The Labute approximate surface area is 704 Å². The van der Waals surface area contributed by atoms with Gasteiger partial charge in [0.15, 0.2) is 0 Å². The molecule has 0 aliphatic rings. The Balaban J connectivity index is 0.000000668. The molecule has 0 amide bonds. The second kappa shape index (κ2) is 69.4. The van der Waals surface area contributed by atoms with Crippen molar-refractivity contribution in [2.24, 2.45) is 0 Å². The highest BCUT2D eigenvalue weighted by atomic mass is 32.2. The maximum Gasteiger partial charge on any atom is 0.313 e. The Morgan fingerprint density at radius 2 is 0.553 bits per heavy atom. The van der Waals surface area contributed by atoms with Crippen LogP contribution in [0.3, 0.4) is 0 Å². The maximum absolute atomic E-state index is 10.3. The van der Waals surface area contributed by atoms with Gasteiger partial charge in [0, 0.05) is 72.1 Å². The van der Waals surface area contributed by atoms with Gasteiger partial charge in [-0.05, 0) is 233 Å². The van der Waals surface area contributed by atoms with E-state index in [1.807, 2.05) is 129 Å². The van der Waals surface area contributed by atoms with E-state index in [-0.39, 0.29) is 30.8 Å². The first-order valence-electron chi connectivity index (χ1n) is 38.1. The second-order valence-electron chi connectivity index (χ2n) is 25.4. The van der Waals surface area contributed by atoms with Crippen molar-refractivity contribution in [3.05, 3.63) is 175 Å². The molecule has 20 nitrogen and oxygen atoms in total. The van der Waals surface area contributed by atoms with Crippen molar-refractivity contribution in [1.29, 1.82) is 0 Å². The lowest BCUT2D eigenvalue weighted by Gasteiger charge is -2.05. The van der Waals surface area contributed by atoms with Crippen LogP contribution in [0.4, 0.5) is 0 Å². The quantitative estimate of drug-likeness (QED) is 0.0125. The van der Waals surface area contributed by atoms with E-state index >= 15 is 0 Å². The van der Waals surface area contributed by atoms with Gasteiger partial charge in [-0.25, -0.2) is 0 Å². The topological polar surface area (TPSA) is 349 Å². The van der Waals surface area contributed by atoms with Crippen LogP contribution in [0.1, 0.15) is 178 Å². The van der Waals surface area contributed by atoms with Crippen LogP contribution < -0.4 is 14.2 Å². The SMILES string of the molecule is COc1ccc(SCC(=O)O)cc1.COc1ccc(SCCCCC(=O)O)cc1.COc1ccc(SCCCCCCCC(=O)O)cc1.Cc1ccc(C)c(SCCC(=O)O)c1.O=C(O)CCCCCCCCCSc1ccccc1O.O=C(O)CCCCCCCSc1ccc(O)cc1.O=C(O)CCCSc1ccccc1O. The molecule has 0 unspecified atom stereocenters. The number of aryl methyl sites for hydroxylation is 2. The van der Waals surface area contributed by atoms with Gasteiger partial charge in [-0.1, -0.05) is 113 Å². The van der Waals surface area contributed by atoms with Crippen LogP contribution >= 0.6 is 82.3 Å². The Kier molecular flexibility index (Phi) is 63.4. The molecule has 0 heterocycles. The number of hydrogen-bond donors (Lipinski definition) is 10. The molecule has 0 spiro atoms. The number of carbonyl (C=O) groups is 7. The molecule has 0 aromatic heterocycles. The lowest BCUT2D eigenvalue weighted by Crippen LogP contribution is -1.97. The first kappa shape index (κ1) is 104. The summed E-state index contributed by atoms with van der Waals surface area (Å²) in [7, 11) is 4.92. The lowest BCUT2D eigenvalue weighted by atomic mass is 10.1. The summed E-state index contributed by atoms with van der Waals surface area (Å²) in [6.07, 6.45) is 22.2. The van der Waals surface area contributed by atoms with Crippen LogP contribution in [0.25, 0.3) is 0 Å². The van der Waals surface area contributed by atoms with E-state index in [0.717, 1.165) is 145 Å². The van der Waals surface area contributed by atoms with E-state index in [1.54, 1.807) is 98.7 Å². The predicted octanol–water partition coefficient (Wildman–Crippen LogP) is 22.9. The fourth-order valence-corrected chi connectivity index (χ4v) is 15.9. The minimum Gasteiger partial charge on any atom is -0.508 e. The van der Waals surface area contributed by atoms with Crippen molar-refractivity contribution in [3.8, 4) is 34.5 Å². The Morgan fingerprint density at radius 3 is 0.895 bits per heavy atom. The number of phenolic OH excluding ortho intramolecular Hbond substituents is 3. The first-order valence-corrected chi connectivity index (χ1v) is 45.0. The number of rotatable bonds is 50. The summed E-state index contributed by atoms with van der Waals surface area (Å²) in [6.45, 7) is 4.09. The Morgan fingerprint density at radius 1 is 0.272 bits per heavy atom. The number of para-hydroxylation sites is 2. The summed E-state index contributed by atoms with van der Waals surface area (Å²) < 4.78 is 15.1. The van der Waals surface area contributed by atoms with Crippen LogP contribution in [0, 0.1) is 13.8 Å². The van der Waals surface area contributed by atoms with Crippen molar-refractivity contribution >= 4 is 124 Å². The molecule has 10 N–H and O–H groups in total. The number of ether oxygens (including phenoxy) is 3. The van der Waals surface area contributed by atoms with Crippen molar-refractivity contribution in [1.82, 2.24) is 0 Å². The number of benzene rings is 7. The molecule has 0 saturated heterocycles. The zero-order valence-electron chi connectivity index (χ0n) is 66.3. The van der Waals surface area contributed by atoms with E-state index in [9.17, 15) is 43.8 Å². The number of aromatic hydroxyl groups is 3. The van der Waals surface area contributed by atoms with Crippen molar-refractivity contribution < 1.29 is 98.8 Å². The molecule has 27 heteroatoms. The summed E-state index contributed by atoms with van der Waals surface area (Å²) in [5.74, 6) is 3.99. The van der Waals surface area contributed by atoms with Crippen LogP contribution in [-0.4, -0.2) is 154 Å². The minimum atomic E-state index is -0.805. The predicted molar refractivity (Wildman–Crippen MR) is 468 cm³/mol. The zero-order chi connectivity index (χ0) is 84.2. The van der Waals surface area contributed by atoms with E-state index in [1.165, 1.54) is 86.3 Å². The zero-order valence-corrected chi connectivity index (χ0v) is 72.1. The third kappa shape index (κ3) is 61.5. The average Bonchev–Trinajstić information content (AvgIpc) is 0.709. The average molecular weight is 1710 g/mol. The molecule has 114 heavy (non-hydrogen) atoms. The van der Waals surface area contributed by atoms with Gasteiger partial charge in [0.1, 0.15) is 34.5 Å². The highest BCUT2D eigenvalue weighted by Gasteiger charge is 2.08. The fourth-order valence-electron chi connectivity index (χ4n) is 9.59. The molecular weight excluding hydrogens is 1590 g/mol. The van der Waals surface area contributed by atoms with Gasteiger partial charge in [0.05, 0.1) is 33.5 Å². The third-order valence-corrected chi connectivity index (χ3v) is 23.5. The minimum absolute atomic E-state index is 0.0896. The van der Waals surface area contributed by atoms with E-state index in [2.05, 4.69) is 30.3 Å². The van der Waals surface area contributed by atoms with Gasteiger partial charge in [0.2, 0.25) is 0 Å². The number of methoxy groups -OCH3 is 3. The number of thioether (sulfide) groups is 7. The Bertz CT molecular complexity index is 3700. The fraction of sp³-hybridized carbons (Fsp3) is 0.437. The van der Waals surface area contributed by atoms with Crippen molar-refractivity contribution in [2.75, 3.05) is 61.6 Å². The molecule has 0 aliphatic carbocycles. The molecule has 0 atom stereocenters. The van der Waals surface area contributed by atoms with E-state index < -0.39 is 41.8 Å². The van der Waals surface area contributed by atoms with Gasteiger partial charge >= 0.3 is 41.8 Å². The molecule has 7 rings (SSSR count). The molecule has 0 aliphatic heterocycles. The number of aliphatic carboxylic acids is 7. The van der Waals surface area contributed by atoms with Crippen LogP contribution in [0.5, 0.6) is 34.5 Å². The van der Waals surface area contributed by atoms with Crippen molar-refractivity contribution in [2.45, 2.75) is 215 Å². The molecule has 628 valence electrons. The third-order valence-electron chi connectivity index (χ3n) is 15.8.